The van der Waals surface area contributed by atoms with E-state index in [2.05, 4.69) is 6.58 Å². The van der Waals surface area contributed by atoms with Crippen molar-refractivity contribution in [3.05, 3.63) is 54.1 Å². The molecule has 0 aliphatic heterocycles. The van der Waals surface area contributed by atoms with E-state index in [1.54, 1.807) is 25.1 Å². The Labute approximate surface area is 101 Å². The normalized spacial score (nSPS) is 13.8. The molecule has 1 atom stereocenters. The molecule has 3 nitrogen and oxygen atoms in total. The molecule has 0 aliphatic carbocycles. The van der Waals surface area contributed by atoms with Crippen LogP contribution < -0.4 is 5.73 Å². The molecule has 17 heavy (non-hydrogen) atoms. The third-order valence-electron chi connectivity index (χ3n) is 2.51. The van der Waals surface area contributed by atoms with E-state index in [-0.39, 0.29) is 11.6 Å². The van der Waals surface area contributed by atoms with Gasteiger partial charge in [-0.2, -0.15) is 0 Å². The zero-order valence-electron chi connectivity index (χ0n) is 9.89. The summed E-state index contributed by atoms with van der Waals surface area (Å²) >= 11 is 0. The maximum absolute atomic E-state index is 11.4. The molecule has 0 heterocycles. The summed E-state index contributed by atoms with van der Waals surface area (Å²) in [5, 5.41) is 9.32. The number of benzene rings is 1. The molecule has 3 N–H and O–H groups in total. The highest BCUT2D eigenvalue weighted by atomic mass is 16.4. The van der Waals surface area contributed by atoms with Crippen LogP contribution in [-0.4, -0.2) is 17.1 Å². The van der Waals surface area contributed by atoms with E-state index in [0.29, 0.717) is 17.6 Å². The van der Waals surface area contributed by atoms with Gasteiger partial charge in [0.25, 0.3) is 0 Å². The fourth-order valence-electron chi connectivity index (χ4n) is 1.72. The summed E-state index contributed by atoms with van der Waals surface area (Å²) < 4.78 is 0. The van der Waals surface area contributed by atoms with Gasteiger partial charge in [0.05, 0.1) is 5.57 Å². The van der Waals surface area contributed by atoms with E-state index in [4.69, 9.17) is 5.73 Å². The van der Waals surface area contributed by atoms with E-state index in [9.17, 15) is 9.90 Å². The van der Waals surface area contributed by atoms with Crippen LogP contribution in [0.3, 0.4) is 0 Å². The molecule has 0 fully saturated rings. The zero-order valence-corrected chi connectivity index (χ0v) is 9.89. The van der Waals surface area contributed by atoms with Crippen molar-refractivity contribution in [2.24, 2.45) is 5.73 Å². The van der Waals surface area contributed by atoms with Crippen LogP contribution in [-0.2, 0) is 4.79 Å². The largest absolute Gasteiger partial charge is 0.478 e. The van der Waals surface area contributed by atoms with E-state index < -0.39 is 5.97 Å². The van der Waals surface area contributed by atoms with Crippen LogP contribution in [0, 0.1) is 0 Å². The third-order valence-corrected chi connectivity index (χ3v) is 2.51. The summed E-state index contributed by atoms with van der Waals surface area (Å²) in [7, 11) is 0. The lowest BCUT2D eigenvalue weighted by Crippen LogP contribution is -2.21. The molecule has 1 unspecified atom stereocenters. The standard InChI is InChI=1S/C14H17NO2/c1-3-7-12(10(2)15)13(14(16)17)11-8-5-4-6-9-11/h3-6,8-10H,1,7,15H2,2H3,(H,16,17)/b13-12-. The number of nitrogens with two attached hydrogens (primary N) is 1. The van der Waals surface area contributed by atoms with Gasteiger partial charge in [0, 0.05) is 6.04 Å². The van der Waals surface area contributed by atoms with Gasteiger partial charge in [-0.3, -0.25) is 0 Å². The smallest absolute Gasteiger partial charge is 0.336 e. The van der Waals surface area contributed by atoms with Crippen molar-refractivity contribution < 1.29 is 9.90 Å². The van der Waals surface area contributed by atoms with Gasteiger partial charge in [0.1, 0.15) is 0 Å². The SMILES string of the molecule is C=CC/C(=C(/C(=O)O)c1ccccc1)C(C)N. The number of carbonyl (C=O) groups is 1. The van der Waals surface area contributed by atoms with Gasteiger partial charge in [0.2, 0.25) is 0 Å². The second kappa shape index (κ2) is 6.01. The van der Waals surface area contributed by atoms with Crippen LogP contribution in [0.15, 0.2) is 48.6 Å². The monoisotopic (exact) mass is 231 g/mol. The molecule has 1 aromatic carbocycles. The van der Waals surface area contributed by atoms with Crippen LogP contribution in [0.2, 0.25) is 0 Å². The number of aliphatic carboxylic acids is 1. The molecule has 0 saturated heterocycles. The molecule has 0 aliphatic rings. The maximum atomic E-state index is 11.4. The average Bonchev–Trinajstić information content (AvgIpc) is 2.29. The highest BCUT2D eigenvalue weighted by Gasteiger charge is 2.17. The van der Waals surface area contributed by atoms with Crippen molar-refractivity contribution in [2.45, 2.75) is 19.4 Å². The predicted molar refractivity (Wildman–Crippen MR) is 69.5 cm³/mol. The average molecular weight is 231 g/mol. The number of allylic oxidation sites excluding steroid dienone is 1. The minimum absolute atomic E-state index is 0.278. The Bertz CT molecular complexity index is 433. The Morgan fingerprint density at radius 1 is 1.47 bits per heavy atom. The van der Waals surface area contributed by atoms with Gasteiger partial charge >= 0.3 is 5.97 Å². The molecule has 3 heteroatoms. The number of rotatable bonds is 5. The predicted octanol–water partition coefficient (Wildman–Crippen LogP) is 2.45. The number of hydrogen-bond acceptors (Lipinski definition) is 2. The first kappa shape index (κ1) is 13.2. The third kappa shape index (κ3) is 3.29. The molecule has 0 saturated carbocycles. The van der Waals surface area contributed by atoms with E-state index in [0.717, 1.165) is 0 Å². The van der Waals surface area contributed by atoms with E-state index in [1.807, 2.05) is 18.2 Å². The quantitative estimate of drug-likeness (QED) is 0.604. The molecule has 90 valence electrons. The molecule has 0 spiro atoms. The van der Waals surface area contributed by atoms with Crippen LogP contribution >= 0.6 is 0 Å². The highest BCUT2D eigenvalue weighted by molar-refractivity contribution is 6.16. The first-order valence-corrected chi connectivity index (χ1v) is 5.46. The van der Waals surface area contributed by atoms with E-state index in [1.165, 1.54) is 0 Å². The summed E-state index contributed by atoms with van der Waals surface area (Å²) in [5.41, 5.74) is 7.48. The fourth-order valence-corrected chi connectivity index (χ4v) is 1.72. The van der Waals surface area contributed by atoms with Gasteiger partial charge in [-0.25, -0.2) is 4.79 Å². The Morgan fingerprint density at radius 3 is 2.47 bits per heavy atom. The lowest BCUT2D eigenvalue weighted by Gasteiger charge is -2.14. The van der Waals surface area contributed by atoms with Crippen LogP contribution in [0.5, 0.6) is 0 Å². The topological polar surface area (TPSA) is 63.3 Å². The maximum Gasteiger partial charge on any atom is 0.336 e. The number of hydrogen-bond donors (Lipinski definition) is 2. The minimum atomic E-state index is -0.953. The molecule has 0 amide bonds. The first-order valence-electron chi connectivity index (χ1n) is 5.46. The van der Waals surface area contributed by atoms with Gasteiger partial charge in [-0.15, -0.1) is 6.58 Å². The second-order valence-electron chi connectivity index (χ2n) is 3.85. The molecular formula is C14H17NO2. The summed E-state index contributed by atoms with van der Waals surface area (Å²) in [5.74, 6) is -0.953. The zero-order chi connectivity index (χ0) is 12.8. The second-order valence-corrected chi connectivity index (χ2v) is 3.85. The molecule has 1 rings (SSSR count). The molecular weight excluding hydrogens is 214 g/mol. The van der Waals surface area contributed by atoms with Gasteiger partial charge in [0.15, 0.2) is 0 Å². The van der Waals surface area contributed by atoms with Crippen LogP contribution in [0.25, 0.3) is 5.57 Å². The summed E-state index contributed by atoms with van der Waals surface area (Å²) in [6.07, 6.45) is 2.15. The Morgan fingerprint density at radius 2 is 2.06 bits per heavy atom. The number of carboxylic acids is 1. The molecule has 0 bridgehead atoms. The van der Waals surface area contributed by atoms with Crippen molar-refractivity contribution in [2.75, 3.05) is 0 Å². The lowest BCUT2D eigenvalue weighted by atomic mass is 9.94. The van der Waals surface area contributed by atoms with E-state index >= 15 is 0 Å². The first-order chi connectivity index (χ1) is 8.07. The lowest BCUT2D eigenvalue weighted by molar-refractivity contribution is -0.130. The molecule has 0 radical (unpaired) electrons. The van der Waals surface area contributed by atoms with Crippen LogP contribution in [0.4, 0.5) is 0 Å². The van der Waals surface area contributed by atoms with Crippen molar-refractivity contribution in [1.29, 1.82) is 0 Å². The summed E-state index contributed by atoms with van der Waals surface area (Å²) in [6, 6.07) is 8.71. The Kier molecular flexibility index (Phi) is 4.67. The molecule has 1 aromatic rings. The van der Waals surface area contributed by atoms with Crippen molar-refractivity contribution >= 4 is 11.5 Å². The molecule has 0 aromatic heterocycles. The Hall–Kier alpha value is -1.87. The summed E-state index contributed by atoms with van der Waals surface area (Å²) in [6.45, 7) is 5.42. The highest BCUT2D eigenvalue weighted by Crippen LogP contribution is 2.23. The van der Waals surface area contributed by atoms with Gasteiger partial charge in [-0.1, -0.05) is 36.4 Å². The van der Waals surface area contributed by atoms with Crippen molar-refractivity contribution in [1.82, 2.24) is 0 Å². The Balaban J connectivity index is 3.37. The van der Waals surface area contributed by atoms with Crippen LogP contribution in [0.1, 0.15) is 18.9 Å². The van der Waals surface area contributed by atoms with Gasteiger partial charge < -0.3 is 10.8 Å². The minimum Gasteiger partial charge on any atom is -0.478 e. The van der Waals surface area contributed by atoms with Gasteiger partial charge in [-0.05, 0) is 24.5 Å². The van der Waals surface area contributed by atoms with Crippen molar-refractivity contribution in [3.8, 4) is 0 Å². The fraction of sp³-hybridized carbons (Fsp3) is 0.214. The summed E-state index contributed by atoms with van der Waals surface area (Å²) in [4.78, 5) is 11.4. The van der Waals surface area contributed by atoms with Crippen molar-refractivity contribution in [3.63, 3.8) is 0 Å². The number of carboxylic acid groups (broad SMARTS) is 1.